The van der Waals surface area contributed by atoms with Gasteiger partial charge in [0.1, 0.15) is 28.9 Å². The first kappa shape index (κ1) is 34.0. The van der Waals surface area contributed by atoms with Crippen LogP contribution in [0.1, 0.15) is 33.7 Å². The Morgan fingerprint density at radius 1 is 0.660 bits per heavy atom. The van der Waals surface area contributed by atoms with E-state index in [1.807, 2.05) is 0 Å². The zero-order valence-electron chi connectivity index (χ0n) is 26.7. The molecule has 0 saturated carbocycles. The Morgan fingerprint density at radius 3 is 1.87 bits per heavy atom. The van der Waals surface area contributed by atoms with Gasteiger partial charge in [0.05, 0.1) is 13.7 Å². The highest BCUT2D eigenvalue weighted by atomic mass is 16.7. The quantitative estimate of drug-likeness (QED) is 0.120. The van der Waals surface area contributed by atoms with E-state index in [9.17, 15) is 9.90 Å². The molecule has 14 nitrogen and oxygen atoms in total. The first-order valence-corrected chi connectivity index (χ1v) is 14.6. The Morgan fingerprint density at radius 2 is 1.26 bits per heavy atom. The van der Waals surface area contributed by atoms with Gasteiger partial charge < -0.3 is 61.9 Å². The lowest BCUT2D eigenvalue weighted by Crippen LogP contribution is -2.36. The molecule has 3 aromatic rings. The van der Waals surface area contributed by atoms with Crippen molar-refractivity contribution in [3.63, 3.8) is 0 Å². The number of ether oxygens (including phenoxy) is 12. The van der Waals surface area contributed by atoms with Gasteiger partial charge in [0.15, 0.2) is 68.5 Å². The van der Waals surface area contributed by atoms with Gasteiger partial charge in [0.2, 0.25) is 5.78 Å². The third-order valence-corrected chi connectivity index (χ3v) is 7.24. The number of methoxy groups -OCH3 is 5. The molecule has 0 aliphatic carbocycles. The van der Waals surface area contributed by atoms with Gasteiger partial charge in [-0.3, -0.25) is 4.79 Å². The van der Waals surface area contributed by atoms with Crippen molar-refractivity contribution in [3.8, 4) is 40.2 Å². The standard InChI is InChI=1S/C33H38O14/c1-36-15-41-21-12-26(43-17-38-3)29(27(13-21)44-18-39-4)30(35)33-32(47-33)20-7-9-23-25(11-20)46-31(28(14-34)45-23)19-6-8-22(42-16-37-2)24(10-19)40-5/h6-13,28,31-34H,14-18H2,1-5H3/t28-,31-,32+,33+/m1/s1. The highest BCUT2D eigenvalue weighted by Gasteiger charge is 2.48. The van der Waals surface area contributed by atoms with Crippen LogP contribution in [-0.4, -0.2) is 92.4 Å². The lowest BCUT2D eigenvalue weighted by atomic mass is 9.99. The summed E-state index contributed by atoms with van der Waals surface area (Å²) in [5.74, 6) is 2.16. The lowest BCUT2D eigenvalue weighted by molar-refractivity contribution is -0.0125. The Bertz CT molecular complexity index is 1480. The summed E-state index contributed by atoms with van der Waals surface area (Å²) in [6.45, 7) is -0.522. The van der Waals surface area contributed by atoms with Gasteiger partial charge in [-0.25, -0.2) is 0 Å². The average Bonchev–Trinajstić information content (AvgIpc) is 3.91. The number of hydrogen-bond donors (Lipinski definition) is 1. The summed E-state index contributed by atoms with van der Waals surface area (Å²) in [5.41, 5.74) is 1.53. The largest absolute Gasteiger partial charge is 0.493 e. The minimum Gasteiger partial charge on any atom is -0.493 e. The number of Topliss-reactive ketones (excluding diaryl/α,β-unsaturated/α-hetero) is 1. The summed E-state index contributed by atoms with van der Waals surface area (Å²) < 4.78 is 66.6. The van der Waals surface area contributed by atoms with Gasteiger partial charge in [-0.15, -0.1) is 0 Å². The van der Waals surface area contributed by atoms with Crippen molar-refractivity contribution >= 4 is 5.78 Å². The van der Waals surface area contributed by atoms with Crippen molar-refractivity contribution in [3.05, 3.63) is 65.2 Å². The zero-order chi connectivity index (χ0) is 33.3. The van der Waals surface area contributed by atoms with E-state index in [-0.39, 0.29) is 56.6 Å². The Balaban J connectivity index is 1.39. The van der Waals surface area contributed by atoms with Gasteiger partial charge in [-0.05, 0) is 29.8 Å². The predicted octanol–water partition coefficient (Wildman–Crippen LogP) is 3.82. The molecule has 1 fully saturated rings. The van der Waals surface area contributed by atoms with E-state index in [1.54, 1.807) is 48.5 Å². The normalized spacial score (nSPS) is 19.5. The maximum absolute atomic E-state index is 13.9. The minimum absolute atomic E-state index is 0.0276. The van der Waals surface area contributed by atoms with Crippen molar-refractivity contribution in [1.82, 2.24) is 0 Å². The molecule has 0 unspecified atom stereocenters. The highest BCUT2D eigenvalue weighted by Crippen LogP contribution is 2.48. The van der Waals surface area contributed by atoms with Crippen molar-refractivity contribution in [2.75, 3.05) is 69.3 Å². The Kier molecular flexibility index (Phi) is 11.6. The van der Waals surface area contributed by atoms with Crippen LogP contribution in [0.3, 0.4) is 0 Å². The fourth-order valence-electron chi connectivity index (χ4n) is 5.05. The van der Waals surface area contributed by atoms with Gasteiger partial charge >= 0.3 is 0 Å². The molecular weight excluding hydrogens is 620 g/mol. The van der Waals surface area contributed by atoms with Crippen molar-refractivity contribution in [2.24, 2.45) is 0 Å². The SMILES string of the molecule is COCOc1cc(OCOC)c(C(=O)[C@@H]2O[C@H]2c2ccc3c(c2)O[C@H](c2ccc(OCOC)c(OC)c2)[C@@H](CO)O3)c(OCOC)c1. The van der Waals surface area contributed by atoms with Crippen LogP contribution in [0.4, 0.5) is 0 Å². The number of ketones is 1. The number of hydrogen-bond acceptors (Lipinski definition) is 14. The number of epoxide rings is 1. The van der Waals surface area contributed by atoms with Gasteiger partial charge in [0.25, 0.3) is 0 Å². The van der Waals surface area contributed by atoms with Crippen LogP contribution >= 0.6 is 0 Å². The van der Waals surface area contributed by atoms with Crippen LogP contribution in [0.5, 0.6) is 40.2 Å². The van der Waals surface area contributed by atoms with E-state index >= 15 is 0 Å². The Labute approximate surface area is 271 Å². The van der Waals surface area contributed by atoms with Crippen LogP contribution in [0.2, 0.25) is 0 Å². The topological polar surface area (TPSA) is 151 Å². The number of benzene rings is 3. The van der Waals surface area contributed by atoms with Crippen LogP contribution in [-0.2, 0) is 23.7 Å². The second-order valence-corrected chi connectivity index (χ2v) is 10.3. The first-order valence-electron chi connectivity index (χ1n) is 14.6. The van der Waals surface area contributed by atoms with Crippen LogP contribution in [0.15, 0.2) is 48.5 Å². The number of aliphatic hydroxyl groups excluding tert-OH is 1. The van der Waals surface area contributed by atoms with Gasteiger partial charge in [-0.1, -0.05) is 12.1 Å². The highest BCUT2D eigenvalue weighted by molar-refractivity contribution is 6.06. The lowest BCUT2D eigenvalue weighted by Gasteiger charge is -2.33. The van der Waals surface area contributed by atoms with Gasteiger partial charge in [-0.2, -0.15) is 0 Å². The summed E-state index contributed by atoms with van der Waals surface area (Å²) in [5, 5.41) is 10.1. The molecule has 4 atom stereocenters. The molecule has 2 heterocycles. The molecule has 254 valence electrons. The van der Waals surface area contributed by atoms with E-state index in [2.05, 4.69) is 0 Å². The van der Waals surface area contributed by atoms with Crippen LogP contribution in [0.25, 0.3) is 0 Å². The summed E-state index contributed by atoms with van der Waals surface area (Å²) in [7, 11) is 7.47. The molecule has 3 aromatic carbocycles. The molecule has 0 aromatic heterocycles. The van der Waals surface area contributed by atoms with E-state index in [4.69, 9.17) is 56.8 Å². The molecule has 0 radical (unpaired) electrons. The second-order valence-electron chi connectivity index (χ2n) is 10.3. The molecule has 2 aliphatic heterocycles. The number of rotatable bonds is 18. The molecule has 14 heteroatoms. The predicted molar refractivity (Wildman–Crippen MR) is 163 cm³/mol. The molecule has 1 saturated heterocycles. The van der Waals surface area contributed by atoms with E-state index in [0.29, 0.717) is 39.9 Å². The molecule has 0 spiro atoms. The molecule has 5 rings (SSSR count). The summed E-state index contributed by atoms with van der Waals surface area (Å²) >= 11 is 0. The molecule has 1 N–H and O–H groups in total. The second kappa shape index (κ2) is 16.0. The molecule has 2 aliphatic rings. The number of aliphatic hydroxyl groups is 1. The smallest absolute Gasteiger partial charge is 0.202 e. The maximum atomic E-state index is 13.9. The summed E-state index contributed by atoms with van der Waals surface area (Å²) in [6, 6.07) is 13.7. The maximum Gasteiger partial charge on any atom is 0.202 e. The fraction of sp³-hybridized carbons (Fsp3) is 0.424. The van der Waals surface area contributed by atoms with Gasteiger partial charge in [0, 0.05) is 46.1 Å². The van der Waals surface area contributed by atoms with Crippen molar-refractivity contribution in [2.45, 2.75) is 24.4 Å². The monoisotopic (exact) mass is 658 g/mol. The number of carbonyl (C=O) groups excluding carboxylic acids is 1. The molecule has 47 heavy (non-hydrogen) atoms. The van der Waals surface area contributed by atoms with E-state index in [1.165, 1.54) is 35.5 Å². The molecule has 0 bridgehead atoms. The van der Waals surface area contributed by atoms with Crippen LogP contribution in [0, 0.1) is 0 Å². The van der Waals surface area contributed by atoms with Crippen LogP contribution < -0.4 is 33.2 Å². The minimum atomic E-state index is -0.844. The van der Waals surface area contributed by atoms with E-state index < -0.39 is 24.4 Å². The third kappa shape index (κ3) is 7.81. The number of fused-ring (bicyclic) bond motifs is 1. The zero-order valence-corrected chi connectivity index (χ0v) is 26.7. The van der Waals surface area contributed by atoms with E-state index in [0.717, 1.165) is 0 Å². The fourth-order valence-corrected chi connectivity index (χ4v) is 5.05. The van der Waals surface area contributed by atoms with Crippen molar-refractivity contribution < 1.29 is 66.7 Å². The number of carbonyl (C=O) groups is 1. The molecular formula is C33H38O14. The third-order valence-electron chi connectivity index (χ3n) is 7.24. The average molecular weight is 659 g/mol. The summed E-state index contributed by atoms with van der Waals surface area (Å²) in [4.78, 5) is 13.9. The summed E-state index contributed by atoms with van der Waals surface area (Å²) in [6.07, 6.45) is -2.80. The first-order chi connectivity index (χ1) is 23.0. The van der Waals surface area contributed by atoms with Crippen molar-refractivity contribution in [1.29, 1.82) is 0 Å². The Hall–Kier alpha value is -4.31. The molecule has 0 amide bonds.